The molecule has 2 unspecified atom stereocenters. The normalized spacial score (nSPS) is 17.5. The maximum absolute atomic E-state index is 12.7. The molecule has 2 aromatic rings. The monoisotopic (exact) mass is 431 g/mol. The van der Waals surface area contributed by atoms with Crippen LogP contribution in [0.1, 0.15) is 48.5 Å². The molecule has 1 saturated heterocycles. The van der Waals surface area contributed by atoms with Crippen LogP contribution in [0.4, 0.5) is 0 Å². The first-order valence-corrected chi connectivity index (χ1v) is 10.3. The van der Waals surface area contributed by atoms with Crippen molar-refractivity contribution in [1.82, 2.24) is 5.32 Å². The molecule has 0 spiro atoms. The Morgan fingerprint density at radius 1 is 1.26 bits per heavy atom. The number of hydrogen-bond acceptors (Lipinski definition) is 3. The molecule has 1 heterocycles. The molecule has 0 radical (unpaired) electrons. The quantitative estimate of drug-likeness (QED) is 0.631. The standard InChI is InChI=1S/C22H26BrNO3/c1-16(12-13-18-8-6-14-26-18)24-22(25)19-9-3-5-11-21(19)27-15-17-7-2-4-10-20(17)23/h2-5,7,9-11,16,18H,6,8,12-15H2,1H3,(H,24,25). The molecule has 1 aliphatic heterocycles. The summed E-state index contributed by atoms with van der Waals surface area (Å²) in [4.78, 5) is 12.7. The predicted molar refractivity (Wildman–Crippen MR) is 110 cm³/mol. The van der Waals surface area contributed by atoms with Crippen molar-refractivity contribution in [2.45, 2.75) is 51.4 Å². The van der Waals surface area contributed by atoms with E-state index in [1.807, 2.05) is 49.4 Å². The first-order chi connectivity index (χ1) is 13.1. The molecule has 0 bridgehead atoms. The van der Waals surface area contributed by atoms with E-state index in [0.29, 0.717) is 24.0 Å². The molecule has 3 rings (SSSR count). The number of nitrogens with one attached hydrogen (secondary N) is 1. The third-order valence-electron chi connectivity index (χ3n) is 4.80. The maximum atomic E-state index is 12.7. The van der Waals surface area contributed by atoms with Crippen LogP contribution in [0.15, 0.2) is 53.0 Å². The minimum atomic E-state index is -0.0995. The van der Waals surface area contributed by atoms with E-state index in [-0.39, 0.29) is 11.9 Å². The van der Waals surface area contributed by atoms with Crippen LogP contribution in [0.5, 0.6) is 5.75 Å². The molecule has 5 heteroatoms. The van der Waals surface area contributed by atoms with Gasteiger partial charge in [0.2, 0.25) is 0 Å². The van der Waals surface area contributed by atoms with Crippen molar-refractivity contribution in [3.05, 3.63) is 64.1 Å². The Kier molecular flexibility index (Phi) is 7.30. The zero-order chi connectivity index (χ0) is 19.1. The fraction of sp³-hybridized carbons (Fsp3) is 0.409. The van der Waals surface area contributed by atoms with Gasteiger partial charge in [-0.25, -0.2) is 0 Å². The van der Waals surface area contributed by atoms with Crippen molar-refractivity contribution in [2.75, 3.05) is 6.61 Å². The summed E-state index contributed by atoms with van der Waals surface area (Å²) < 4.78 is 12.6. The molecule has 4 nitrogen and oxygen atoms in total. The van der Waals surface area contributed by atoms with Crippen molar-refractivity contribution in [2.24, 2.45) is 0 Å². The van der Waals surface area contributed by atoms with Crippen LogP contribution in [-0.4, -0.2) is 24.7 Å². The third kappa shape index (κ3) is 5.81. The highest BCUT2D eigenvalue weighted by atomic mass is 79.9. The third-order valence-corrected chi connectivity index (χ3v) is 5.57. The van der Waals surface area contributed by atoms with Gasteiger partial charge in [-0.1, -0.05) is 46.3 Å². The SMILES string of the molecule is CC(CCC1CCCO1)NC(=O)c1ccccc1OCc1ccccc1Br. The lowest BCUT2D eigenvalue weighted by Crippen LogP contribution is -2.33. The minimum absolute atomic E-state index is 0.0954. The number of carbonyl (C=O) groups is 1. The van der Waals surface area contributed by atoms with Gasteiger partial charge in [0, 0.05) is 22.7 Å². The van der Waals surface area contributed by atoms with E-state index in [0.717, 1.165) is 42.3 Å². The number of para-hydroxylation sites is 1. The molecule has 2 atom stereocenters. The van der Waals surface area contributed by atoms with Gasteiger partial charge in [-0.2, -0.15) is 0 Å². The van der Waals surface area contributed by atoms with Gasteiger partial charge in [0.25, 0.3) is 5.91 Å². The Morgan fingerprint density at radius 2 is 2.04 bits per heavy atom. The average Bonchev–Trinajstić information content (AvgIpc) is 3.19. The van der Waals surface area contributed by atoms with Crippen LogP contribution < -0.4 is 10.1 Å². The van der Waals surface area contributed by atoms with Gasteiger partial charge >= 0.3 is 0 Å². The van der Waals surface area contributed by atoms with E-state index in [9.17, 15) is 4.79 Å². The summed E-state index contributed by atoms with van der Waals surface area (Å²) >= 11 is 3.53. The molecule has 0 aliphatic carbocycles. The zero-order valence-electron chi connectivity index (χ0n) is 15.6. The van der Waals surface area contributed by atoms with Gasteiger partial charge in [0.05, 0.1) is 11.7 Å². The van der Waals surface area contributed by atoms with E-state index in [4.69, 9.17) is 9.47 Å². The molecule has 0 saturated carbocycles. The second kappa shape index (κ2) is 9.90. The number of benzene rings is 2. The van der Waals surface area contributed by atoms with Crippen molar-refractivity contribution in [1.29, 1.82) is 0 Å². The summed E-state index contributed by atoms with van der Waals surface area (Å²) in [6.45, 7) is 3.31. The van der Waals surface area contributed by atoms with Gasteiger partial charge in [0.15, 0.2) is 0 Å². The number of halogens is 1. The number of carbonyl (C=O) groups excluding carboxylic acids is 1. The van der Waals surface area contributed by atoms with Gasteiger partial charge in [-0.3, -0.25) is 4.79 Å². The minimum Gasteiger partial charge on any atom is -0.488 e. The highest BCUT2D eigenvalue weighted by molar-refractivity contribution is 9.10. The predicted octanol–water partition coefficient (Wildman–Crippen LogP) is 5.11. The highest BCUT2D eigenvalue weighted by Crippen LogP contribution is 2.23. The van der Waals surface area contributed by atoms with Crippen molar-refractivity contribution >= 4 is 21.8 Å². The molecule has 1 fully saturated rings. The summed E-state index contributed by atoms with van der Waals surface area (Å²) in [5.74, 6) is 0.495. The fourth-order valence-corrected chi connectivity index (χ4v) is 3.63. The Balaban J connectivity index is 1.57. The van der Waals surface area contributed by atoms with E-state index < -0.39 is 0 Å². The molecule has 2 aromatic carbocycles. The average molecular weight is 432 g/mol. The Morgan fingerprint density at radius 3 is 2.81 bits per heavy atom. The number of ether oxygens (including phenoxy) is 2. The van der Waals surface area contributed by atoms with Crippen LogP contribution in [0.25, 0.3) is 0 Å². The van der Waals surface area contributed by atoms with Gasteiger partial charge in [0.1, 0.15) is 12.4 Å². The molecular formula is C22H26BrNO3. The lowest BCUT2D eigenvalue weighted by Gasteiger charge is -2.18. The van der Waals surface area contributed by atoms with E-state index in [1.165, 1.54) is 0 Å². The first-order valence-electron chi connectivity index (χ1n) is 9.51. The van der Waals surface area contributed by atoms with Crippen LogP contribution in [0.2, 0.25) is 0 Å². The number of amides is 1. The fourth-order valence-electron chi connectivity index (χ4n) is 3.23. The Hall–Kier alpha value is -1.85. The molecule has 1 amide bonds. The second-order valence-corrected chi connectivity index (χ2v) is 7.82. The second-order valence-electron chi connectivity index (χ2n) is 6.96. The largest absolute Gasteiger partial charge is 0.488 e. The lowest BCUT2D eigenvalue weighted by atomic mass is 10.1. The number of rotatable bonds is 8. The van der Waals surface area contributed by atoms with Crippen LogP contribution in [0.3, 0.4) is 0 Å². The topological polar surface area (TPSA) is 47.6 Å². The Labute approximate surface area is 169 Å². The van der Waals surface area contributed by atoms with Gasteiger partial charge < -0.3 is 14.8 Å². The maximum Gasteiger partial charge on any atom is 0.255 e. The highest BCUT2D eigenvalue weighted by Gasteiger charge is 2.19. The smallest absolute Gasteiger partial charge is 0.255 e. The molecule has 1 aliphatic rings. The van der Waals surface area contributed by atoms with Crippen LogP contribution >= 0.6 is 15.9 Å². The van der Waals surface area contributed by atoms with Gasteiger partial charge in [-0.15, -0.1) is 0 Å². The van der Waals surface area contributed by atoms with Crippen molar-refractivity contribution in [3.8, 4) is 5.75 Å². The summed E-state index contributed by atoms with van der Waals surface area (Å²) in [6.07, 6.45) is 4.53. The molecule has 144 valence electrons. The summed E-state index contributed by atoms with van der Waals surface area (Å²) in [6, 6.07) is 15.4. The van der Waals surface area contributed by atoms with E-state index >= 15 is 0 Å². The zero-order valence-corrected chi connectivity index (χ0v) is 17.2. The van der Waals surface area contributed by atoms with Crippen molar-refractivity contribution < 1.29 is 14.3 Å². The van der Waals surface area contributed by atoms with Crippen LogP contribution in [-0.2, 0) is 11.3 Å². The molecular weight excluding hydrogens is 406 g/mol. The number of hydrogen-bond donors (Lipinski definition) is 1. The van der Waals surface area contributed by atoms with Crippen LogP contribution in [0, 0.1) is 0 Å². The molecule has 0 aromatic heterocycles. The summed E-state index contributed by atoms with van der Waals surface area (Å²) in [5.41, 5.74) is 1.60. The van der Waals surface area contributed by atoms with E-state index in [2.05, 4.69) is 21.2 Å². The van der Waals surface area contributed by atoms with Crippen molar-refractivity contribution in [3.63, 3.8) is 0 Å². The Bertz CT molecular complexity index is 759. The summed E-state index contributed by atoms with van der Waals surface area (Å²) in [7, 11) is 0. The molecule has 27 heavy (non-hydrogen) atoms. The van der Waals surface area contributed by atoms with E-state index in [1.54, 1.807) is 6.07 Å². The summed E-state index contributed by atoms with van der Waals surface area (Å²) in [5, 5.41) is 3.09. The lowest BCUT2D eigenvalue weighted by molar-refractivity contribution is 0.0896. The molecule has 1 N–H and O–H groups in total. The first kappa shape index (κ1) is 19.9. The van der Waals surface area contributed by atoms with Gasteiger partial charge in [-0.05, 0) is 50.8 Å².